The first-order chi connectivity index (χ1) is 16.6. The van der Waals surface area contributed by atoms with E-state index < -0.39 is 30.3 Å². The highest BCUT2D eigenvalue weighted by atomic mass is 16.6. The minimum absolute atomic E-state index is 0.0188. The second kappa shape index (κ2) is 11.8. The maximum Gasteiger partial charge on any atom is 0.408 e. The first-order valence-electron chi connectivity index (χ1n) is 11.7. The zero-order valence-corrected chi connectivity index (χ0v) is 20.7. The van der Waals surface area contributed by atoms with E-state index in [-0.39, 0.29) is 12.0 Å². The van der Waals surface area contributed by atoms with E-state index in [1.54, 1.807) is 26.8 Å². The van der Waals surface area contributed by atoms with Gasteiger partial charge in [-0.1, -0.05) is 73.7 Å². The molecule has 0 bridgehead atoms. The molecule has 0 saturated carbocycles. The standard InChI is InChI=1S/C28H34N2O5/c1-19-16-23(29-26(32)24(17-31)30-27(33)35-28(2,3)4)14-15-25(19)34-18-20-10-12-22(13-11-20)21-8-6-5-7-9-21/h5-16,19,24-25,31H,17-18H2,1-4H3,(H,29,32)(H,30,33)/t19-,24-,25?/m0/s1. The summed E-state index contributed by atoms with van der Waals surface area (Å²) in [5.74, 6) is -0.510. The van der Waals surface area contributed by atoms with Crippen molar-refractivity contribution < 1.29 is 24.2 Å². The van der Waals surface area contributed by atoms with Crippen molar-refractivity contribution in [1.82, 2.24) is 10.6 Å². The quantitative estimate of drug-likeness (QED) is 0.525. The molecule has 0 fully saturated rings. The molecule has 0 saturated heterocycles. The summed E-state index contributed by atoms with van der Waals surface area (Å²) < 4.78 is 11.2. The lowest BCUT2D eigenvalue weighted by molar-refractivity contribution is -0.123. The Kier molecular flexibility index (Phi) is 8.84. The molecule has 0 heterocycles. The number of rotatable bonds is 8. The van der Waals surface area contributed by atoms with E-state index in [2.05, 4.69) is 47.0 Å². The molecule has 7 nitrogen and oxygen atoms in total. The molecule has 186 valence electrons. The number of aliphatic hydroxyl groups excluding tert-OH is 1. The molecule has 0 aliphatic heterocycles. The summed E-state index contributed by atoms with van der Waals surface area (Å²) in [4.78, 5) is 24.5. The first-order valence-corrected chi connectivity index (χ1v) is 11.7. The van der Waals surface area contributed by atoms with Gasteiger partial charge in [0, 0.05) is 11.6 Å². The summed E-state index contributed by atoms with van der Waals surface area (Å²) in [6.45, 7) is 7.08. The Balaban J connectivity index is 1.50. The van der Waals surface area contributed by atoms with Crippen LogP contribution < -0.4 is 10.6 Å². The third-order valence-electron chi connectivity index (χ3n) is 5.39. The van der Waals surface area contributed by atoms with E-state index in [1.165, 1.54) is 5.56 Å². The van der Waals surface area contributed by atoms with Gasteiger partial charge in [-0.15, -0.1) is 0 Å². The van der Waals surface area contributed by atoms with Crippen molar-refractivity contribution in [2.45, 2.75) is 52.0 Å². The van der Waals surface area contributed by atoms with Crippen LogP contribution in [0, 0.1) is 5.92 Å². The van der Waals surface area contributed by atoms with Gasteiger partial charge in [0.25, 0.3) is 0 Å². The average Bonchev–Trinajstić information content (AvgIpc) is 2.82. The van der Waals surface area contributed by atoms with Crippen LogP contribution in [0.25, 0.3) is 11.1 Å². The van der Waals surface area contributed by atoms with Crippen LogP contribution >= 0.6 is 0 Å². The Bertz CT molecular complexity index is 1060. The molecule has 0 spiro atoms. The number of carbonyl (C=O) groups excluding carboxylic acids is 2. The molecule has 0 radical (unpaired) electrons. The van der Waals surface area contributed by atoms with Gasteiger partial charge in [0.1, 0.15) is 11.6 Å². The summed E-state index contributed by atoms with van der Waals surface area (Å²) >= 11 is 0. The molecule has 3 atom stereocenters. The van der Waals surface area contributed by atoms with Gasteiger partial charge in [0.05, 0.1) is 19.3 Å². The summed E-state index contributed by atoms with van der Waals surface area (Å²) in [6.07, 6.45) is 4.65. The van der Waals surface area contributed by atoms with Gasteiger partial charge < -0.3 is 25.2 Å². The summed E-state index contributed by atoms with van der Waals surface area (Å²) in [5.41, 5.74) is 3.29. The van der Waals surface area contributed by atoms with Gasteiger partial charge in [-0.3, -0.25) is 4.79 Å². The number of alkyl carbamates (subject to hydrolysis) is 1. The van der Waals surface area contributed by atoms with Crippen LogP contribution in [0.3, 0.4) is 0 Å². The van der Waals surface area contributed by atoms with E-state index in [1.807, 2.05) is 37.3 Å². The minimum atomic E-state index is -1.12. The van der Waals surface area contributed by atoms with Crippen molar-refractivity contribution in [1.29, 1.82) is 0 Å². The van der Waals surface area contributed by atoms with Crippen molar-refractivity contribution in [2.75, 3.05) is 6.61 Å². The molecule has 3 rings (SSSR count). The van der Waals surface area contributed by atoms with Crippen LogP contribution in [0.1, 0.15) is 33.3 Å². The van der Waals surface area contributed by atoms with E-state index in [0.29, 0.717) is 12.3 Å². The van der Waals surface area contributed by atoms with Gasteiger partial charge in [-0.25, -0.2) is 4.79 Å². The highest BCUT2D eigenvalue weighted by molar-refractivity contribution is 5.87. The third kappa shape index (κ3) is 8.09. The van der Waals surface area contributed by atoms with E-state index in [0.717, 1.165) is 11.1 Å². The van der Waals surface area contributed by atoms with Crippen LogP contribution in [-0.2, 0) is 20.9 Å². The monoisotopic (exact) mass is 478 g/mol. The van der Waals surface area contributed by atoms with Crippen molar-refractivity contribution in [3.63, 3.8) is 0 Å². The highest BCUT2D eigenvalue weighted by Crippen LogP contribution is 2.22. The molecule has 2 aromatic rings. The minimum Gasteiger partial charge on any atom is -0.444 e. The SMILES string of the molecule is C[C@H]1C=C(NC(=O)[C@H](CO)NC(=O)OC(C)(C)C)C=CC1OCc1ccc(-c2ccccc2)cc1. The second-order valence-electron chi connectivity index (χ2n) is 9.55. The van der Waals surface area contributed by atoms with E-state index in [4.69, 9.17) is 9.47 Å². The van der Waals surface area contributed by atoms with E-state index in [9.17, 15) is 14.7 Å². The first kappa shape index (κ1) is 26.2. The number of allylic oxidation sites excluding steroid dienone is 1. The topological polar surface area (TPSA) is 96.9 Å². The molecular formula is C28H34N2O5. The van der Waals surface area contributed by atoms with Gasteiger partial charge in [-0.05, 0) is 43.5 Å². The molecule has 1 aliphatic carbocycles. The largest absolute Gasteiger partial charge is 0.444 e. The maximum atomic E-state index is 12.5. The van der Waals surface area contributed by atoms with Crippen molar-refractivity contribution in [3.05, 3.63) is 84.1 Å². The Morgan fingerprint density at radius 2 is 1.69 bits per heavy atom. The molecule has 35 heavy (non-hydrogen) atoms. The number of ether oxygens (including phenoxy) is 2. The summed E-state index contributed by atoms with van der Waals surface area (Å²) in [5, 5.41) is 14.7. The zero-order chi connectivity index (χ0) is 25.4. The molecule has 2 amide bonds. The van der Waals surface area contributed by atoms with Crippen LogP contribution in [0.15, 0.2) is 78.5 Å². The smallest absolute Gasteiger partial charge is 0.408 e. The molecule has 2 aromatic carbocycles. The van der Waals surface area contributed by atoms with Gasteiger partial charge >= 0.3 is 6.09 Å². The highest BCUT2D eigenvalue weighted by Gasteiger charge is 2.25. The molecule has 7 heteroatoms. The van der Waals surface area contributed by atoms with E-state index >= 15 is 0 Å². The number of nitrogens with one attached hydrogen (secondary N) is 2. The fourth-order valence-corrected chi connectivity index (χ4v) is 3.59. The van der Waals surface area contributed by atoms with Gasteiger partial charge in [0.2, 0.25) is 5.91 Å². The fourth-order valence-electron chi connectivity index (χ4n) is 3.59. The number of hydrogen-bond acceptors (Lipinski definition) is 5. The molecule has 3 N–H and O–H groups in total. The number of carbonyl (C=O) groups is 2. The Hall–Kier alpha value is -3.42. The lowest BCUT2D eigenvalue weighted by Gasteiger charge is -2.25. The van der Waals surface area contributed by atoms with Crippen molar-refractivity contribution in [2.24, 2.45) is 5.92 Å². The average molecular weight is 479 g/mol. The Labute approximate surface area is 206 Å². The van der Waals surface area contributed by atoms with Crippen LogP contribution in [0.5, 0.6) is 0 Å². The lowest BCUT2D eigenvalue weighted by atomic mass is 9.97. The predicted octanol–water partition coefficient (Wildman–Crippen LogP) is 4.33. The van der Waals surface area contributed by atoms with Crippen LogP contribution in [0.4, 0.5) is 4.79 Å². The van der Waals surface area contributed by atoms with Crippen molar-refractivity contribution >= 4 is 12.0 Å². The number of benzene rings is 2. The number of hydrogen-bond donors (Lipinski definition) is 3. The molecular weight excluding hydrogens is 444 g/mol. The maximum absolute atomic E-state index is 12.5. The molecule has 0 aromatic heterocycles. The Morgan fingerprint density at radius 3 is 2.29 bits per heavy atom. The predicted molar refractivity (Wildman–Crippen MR) is 135 cm³/mol. The normalized spacial score (nSPS) is 18.4. The lowest BCUT2D eigenvalue weighted by Crippen LogP contribution is -2.50. The zero-order valence-electron chi connectivity index (χ0n) is 20.7. The van der Waals surface area contributed by atoms with Gasteiger partial charge in [-0.2, -0.15) is 0 Å². The van der Waals surface area contributed by atoms with Crippen LogP contribution in [-0.4, -0.2) is 41.5 Å². The molecule has 1 aliphatic rings. The summed E-state index contributed by atoms with van der Waals surface area (Å²) in [6, 6.07) is 17.4. The second-order valence-corrected chi connectivity index (χ2v) is 9.55. The Morgan fingerprint density at radius 1 is 1.03 bits per heavy atom. The number of amides is 2. The molecule has 1 unspecified atom stereocenters. The number of aliphatic hydroxyl groups is 1. The van der Waals surface area contributed by atoms with Crippen molar-refractivity contribution in [3.8, 4) is 11.1 Å². The third-order valence-corrected chi connectivity index (χ3v) is 5.39. The summed E-state index contributed by atoms with van der Waals surface area (Å²) in [7, 11) is 0. The fraction of sp³-hybridized carbons (Fsp3) is 0.357. The van der Waals surface area contributed by atoms with Gasteiger partial charge in [0.15, 0.2) is 0 Å². The van der Waals surface area contributed by atoms with Crippen LogP contribution in [0.2, 0.25) is 0 Å².